The number of aryl methyl sites for hydroxylation is 2. The topological polar surface area (TPSA) is 67.9 Å². The van der Waals surface area contributed by atoms with Crippen molar-refractivity contribution in [3.8, 4) is 28.6 Å². The summed E-state index contributed by atoms with van der Waals surface area (Å²) in [4.78, 5) is 18.4. The van der Waals surface area contributed by atoms with Crippen molar-refractivity contribution in [2.45, 2.75) is 33.1 Å². The fourth-order valence-electron chi connectivity index (χ4n) is 4.26. The Balaban J connectivity index is 1.78. The van der Waals surface area contributed by atoms with Gasteiger partial charge in [0.1, 0.15) is 17.4 Å². The molecule has 35 heavy (non-hydrogen) atoms. The van der Waals surface area contributed by atoms with Crippen LogP contribution >= 0.6 is 0 Å². The SMILES string of the molecule is CCCc1nc(C)n(-c2ccc(OC)cc2)c(=O)c1Cc1ccc(-c2ccccc2C#N)cc1F. The zero-order valence-corrected chi connectivity index (χ0v) is 20.0. The Hall–Kier alpha value is -4.24. The molecule has 0 spiro atoms. The molecule has 0 atom stereocenters. The number of methoxy groups -OCH3 is 1. The number of halogens is 1. The average molecular weight is 468 g/mol. The summed E-state index contributed by atoms with van der Waals surface area (Å²) in [7, 11) is 1.59. The van der Waals surface area contributed by atoms with Crippen LogP contribution in [0, 0.1) is 24.1 Å². The second kappa shape index (κ2) is 10.4. The molecular weight excluding hydrogens is 441 g/mol. The number of aromatic nitrogens is 2. The van der Waals surface area contributed by atoms with E-state index in [2.05, 4.69) is 6.07 Å². The van der Waals surface area contributed by atoms with E-state index in [0.29, 0.717) is 57.2 Å². The molecule has 0 unspecified atom stereocenters. The Morgan fingerprint density at radius 2 is 1.83 bits per heavy atom. The summed E-state index contributed by atoms with van der Waals surface area (Å²) >= 11 is 0. The number of hydrogen-bond donors (Lipinski definition) is 0. The monoisotopic (exact) mass is 467 g/mol. The van der Waals surface area contributed by atoms with E-state index in [1.807, 2.05) is 13.0 Å². The molecule has 0 aliphatic heterocycles. The van der Waals surface area contributed by atoms with E-state index in [-0.39, 0.29) is 12.0 Å². The predicted octanol–water partition coefficient (Wildman–Crippen LogP) is 5.77. The highest BCUT2D eigenvalue weighted by Gasteiger charge is 2.18. The first kappa shape index (κ1) is 23.9. The molecule has 0 amide bonds. The van der Waals surface area contributed by atoms with E-state index in [1.54, 1.807) is 73.2 Å². The van der Waals surface area contributed by atoms with E-state index >= 15 is 4.39 Å². The lowest BCUT2D eigenvalue weighted by Gasteiger charge is -2.16. The molecule has 176 valence electrons. The molecular formula is C29H26FN3O2. The van der Waals surface area contributed by atoms with Crippen LogP contribution in [0.1, 0.15) is 41.6 Å². The normalized spacial score (nSPS) is 10.7. The maximum atomic E-state index is 15.3. The number of rotatable bonds is 7. The van der Waals surface area contributed by atoms with Gasteiger partial charge in [0.15, 0.2) is 0 Å². The quantitative estimate of drug-likeness (QED) is 0.346. The lowest BCUT2D eigenvalue weighted by molar-refractivity contribution is 0.414. The molecule has 0 fully saturated rings. The van der Waals surface area contributed by atoms with Crippen molar-refractivity contribution >= 4 is 0 Å². The number of benzene rings is 3. The summed E-state index contributed by atoms with van der Waals surface area (Å²) < 4.78 is 22.1. The number of ether oxygens (including phenoxy) is 1. The molecule has 0 aliphatic carbocycles. The molecule has 1 aromatic heterocycles. The van der Waals surface area contributed by atoms with Crippen LogP contribution in [0.5, 0.6) is 5.75 Å². The lowest BCUT2D eigenvalue weighted by Crippen LogP contribution is -2.28. The van der Waals surface area contributed by atoms with Crippen molar-refractivity contribution in [3.63, 3.8) is 0 Å². The molecule has 4 aromatic rings. The first-order chi connectivity index (χ1) is 17.0. The highest BCUT2D eigenvalue weighted by molar-refractivity contribution is 5.70. The van der Waals surface area contributed by atoms with Crippen molar-refractivity contribution in [2.75, 3.05) is 7.11 Å². The Labute approximate surface area is 204 Å². The maximum Gasteiger partial charge on any atom is 0.261 e. The van der Waals surface area contributed by atoms with Crippen LogP contribution in [0.4, 0.5) is 4.39 Å². The number of nitriles is 1. The highest BCUT2D eigenvalue weighted by atomic mass is 19.1. The zero-order chi connectivity index (χ0) is 24.9. The van der Waals surface area contributed by atoms with Gasteiger partial charge in [-0.3, -0.25) is 9.36 Å². The van der Waals surface area contributed by atoms with Crippen molar-refractivity contribution in [2.24, 2.45) is 0 Å². The van der Waals surface area contributed by atoms with E-state index in [0.717, 1.165) is 6.42 Å². The molecule has 5 nitrogen and oxygen atoms in total. The summed E-state index contributed by atoms with van der Waals surface area (Å²) in [5.41, 5.74) is 3.83. The van der Waals surface area contributed by atoms with E-state index < -0.39 is 5.82 Å². The van der Waals surface area contributed by atoms with Crippen LogP contribution in [-0.4, -0.2) is 16.7 Å². The van der Waals surface area contributed by atoms with Crippen LogP contribution in [0.2, 0.25) is 0 Å². The molecule has 0 bridgehead atoms. The van der Waals surface area contributed by atoms with Crippen molar-refractivity contribution in [3.05, 3.63) is 111 Å². The third-order valence-corrected chi connectivity index (χ3v) is 6.03. The van der Waals surface area contributed by atoms with Crippen LogP contribution in [0.25, 0.3) is 16.8 Å². The third kappa shape index (κ3) is 4.85. The standard InChI is InChI=1S/C29H26FN3O2/c1-4-7-28-26(29(34)33(19(2)32-28)23-12-14-24(35-3)15-13-23)16-21-11-10-20(17-27(21)30)25-9-6-5-8-22(25)18-31/h5-6,8-15,17H,4,7,16H2,1-3H3. The van der Waals surface area contributed by atoms with Crippen molar-refractivity contribution < 1.29 is 9.13 Å². The molecule has 0 saturated carbocycles. The van der Waals surface area contributed by atoms with E-state index in [9.17, 15) is 10.1 Å². The van der Waals surface area contributed by atoms with Gasteiger partial charge < -0.3 is 4.74 Å². The highest BCUT2D eigenvalue weighted by Crippen LogP contribution is 2.26. The van der Waals surface area contributed by atoms with Crippen LogP contribution < -0.4 is 10.3 Å². The minimum atomic E-state index is -0.423. The fraction of sp³-hybridized carbons (Fsp3) is 0.207. The molecule has 0 radical (unpaired) electrons. The van der Waals surface area contributed by atoms with Gasteiger partial charge in [0.05, 0.1) is 30.1 Å². The first-order valence-electron chi connectivity index (χ1n) is 11.5. The number of nitrogens with zero attached hydrogens (tertiary/aromatic N) is 3. The number of hydrogen-bond acceptors (Lipinski definition) is 4. The van der Waals surface area contributed by atoms with Crippen molar-refractivity contribution in [1.29, 1.82) is 5.26 Å². The Morgan fingerprint density at radius 3 is 2.49 bits per heavy atom. The Kier molecular flexibility index (Phi) is 7.07. The third-order valence-electron chi connectivity index (χ3n) is 6.03. The second-order valence-corrected chi connectivity index (χ2v) is 8.31. The molecule has 6 heteroatoms. The molecule has 3 aromatic carbocycles. The Morgan fingerprint density at radius 1 is 1.09 bits per heavy atom. The van der Waals surface area contributed by atoms with Gasteiger partial charge in [0.2, 0.25) is 0 Å². The summed E-state index contributed by atoms with van der Waals surface area (Å²) in [5, 5.41) is 9.39. The van der Waals surface area contributed by atoms with Gasteiger partial charge in [-0.1, -0.05) is 43.7 Å². The maximum absolute atomic E-state index is 15.3. The summed E-state index contributed by atoms with van der Waals surface area (Å²) in [5.74, 6) is 0.848. The summed E-state index contributed by atoms with van der Waals surface area (Å²) in [6, 6.07) is 21.3. The second-order valence-electron chi connectivity index (χ2n) is 8.31. The van der Waals surface area contributed by atoms with Gasteiger partial charge >= 0.3 is 0 Å². The lowest BCUT2D eigenvalue weighted by atomic mass is 9.96. The van der Waals surface area contributed by atoms with Crippen LogP contribution in [0.15, 0.2) is 71.5 Å². The first-order valence-corrected chi connectivity index (χ1v) is 11.5. The fourth-order valence-corrected chi connectivity index (χ4v) is 4.26. The zero-order valence-electron chi connectivity index (χ0n) is 20.0. The molecule has 0 saturated heterocycles. The van der Waals surface area contributed by atoms with Gasteiger partial charge in [0, 0.05) is 12.0 Å². The van der Waals surface area contributed by atoms with Gasteiger partial charge in [-0.05, 0) is 66.4 Å². The van der Waals surface area contributed by atoms with Gasteiger partial charge in [-0.15, -0.1) is 0 Å². The summed E-state index contributed by atoms with van der Waals surface area (Å²) in [6.07, 6.45) is 1.57. The molecule has 0 N–H and O–H groups in total. The Bertz CT molecular complexity index is 1470. The minimum Gasteiger partial charge on any atom is -0.497 e. The molecule has 0 aliphatic rings. The minimum absolute atomic E-state index is 0.129. The van der Waals surface area contributed by atoms with Crippen molar-refractivity contribution in [1.82, 2.24) is 9.55 Å². The molecule has 1 heterocycles. The van der Waals surface area contributed by atoms with E-state index in [1.165, 1.54) is 6.07 Å². The predicted molar refractivity (Wildman–Crippen MR) is 134 cm³/mol. The average Bonchev–Trinajstić information content (AvgIpc) is 2.87. The molecule has 4 rings (SSSR count). The van der Waals surface area contributed by atoms with E-state index in [4.69, 9.17) is 9.72 Å². The van der Waals surface area contributed by atoms with Gasteiger partial charge in [-0.25, -0.2) is 9.37 Å². The van der Waals surface area contributed by atoms with Crippen LogP contribution in [0.3, 0.4) is 0 Å². The van der Waals surface area contributed by atoms with Crippen LogP contribution in [-0.2, 0) is 12.8 Å². The summed E-state index contributed by atoms with van der Waals surface area (Å²) in [6.45, 7) is 3.83. The largest absolute Gasteiger partial charge is 0.497 e. The smallest absolute Gasteiger partial charge is 0.261 e. The van der Waals surface area contributed by atoms with Gasteiger partial charge in [0.25, 0.3) is 5.56 Å². The van der Waals surface area contributed by atoms with Gasteiger partial charge in [-0.2, -0.15) is 5.26 Å².